The lowest BCUT2D eigenvalue weighted by molar-refractivity contribution is -0.146. The maximum absolute atomic E-state index is 11.6. The molecular weight excluding hydrogens is 404 g/mol. The molecule has 0 atom stereocenters. The van der Waals surface area contributed by atoms with Gasteiger partial charge < -0.3 is 28.8 Å². The molecule has 0 amide bonds. The third kappa shape index (κ3) is 24.1. The number of rotatable bonds is 17. The van der Waals surface area contributed by atoms with Crippen LogP contribution in [0.5, 0.6) is 0 Å². The van der Waals surface area contributed by atoms with Crippen molar-refractivity contribution in [3.05, 3.63) is 35.9 Å². The van der Waals surface area contributed by atoms with Crippen molar-refractivity contribution < 1.29 is 38.4 Å². The monoisotopic (exact) mass is 444 g/mol. The second-order valence-electron chi connectivity index (χ2n) is 5.49. The first-order valence-corrected chi connectivity index (χ1v) is 10.9. The van der Waals surface area contributed by atoms with Crippen LogP contribution in [0.25, 0.3) is 0 Å². The van der Waals surface area contributed by atoms with E-state index in [0.29, 0.717) is 46.2 Å². The molecule has 0 aliphatic carbocycles. The third-order valence-corrected chi connectivity index (χ3v) is 3.27. The van der Waals surface area contributed by atoms with Gasteiger partial charge in [-0.25, -0.2) is 0 Å². The van der Waals surface area contributed by atoms with Gasteiger partial charge in [-0.05, 0) is 5.56 Å². The highest BCUT2D eigenvalue weighted by Gasteiger charge is 2.03. The molecule has 0 saturated heterocycles. The van der Waals surface area contributed by atoms with Crippen molar-refractivity contribution in [1.29, 1.82) is 0 Å². The van der Waals surface area contributed by atoms with Gasteiger partial charge in [-0.2, -0.15) is 0 Å². The van der Waals surface area contributed by atoms with Gasteiger partial charge in [0, 0.05) is 0 Å². The number of carbonyl (C=O) groups excluding carboxylic acids is 1. The number of esters is 1. The Morgan fingerprint density at radius 3 is 1.55 bits per heavy atom. The summed E-state index contributed by atoms with van der Waals surface area (Å²) < 4.78 is 26.1. The zero-order valence-electron chi connectivity index (χ0n) is 19.5. The summed E-state index contributed by atoms with van der Waals surface area (Å²) in [4.78, 5) is 21.8. The van der Waals surface area contributed by atoms with E-state index in [0.717, 1.165) is 5.56 Å². The molecule has 0 radical (unpaired) electrons. The Bertz CT molecular complexity index is 508. The number of benzene rings is 1. The van der Waals surface area contributed by atoms with Crippen LogP contribution in [0.1, 0.15) is 46.1 Å². The average Bonchev–Trinajstić information content (AvgIpc) is 2.81. The number of carbonyl (C=O) groups is 2. The molecule has 8 heteroatoms. The molecule has 31 heavy (non-hydrogen) atoms. The second-order valence-corrected chi connectivity index (χ2v) is 5.49. The van der Waals surface area contributed by atoms with E-state index in [1.807, 2.05) is 58.0 Å². The van der Waals surface area contributed by atoms with E-state index in [1.54, 1.807) is 0 Å². The van der Waals surface area contributed by atoms with E-state index in [9.17, 15) is 9.59 Å². The smallest absolute Gasteiger partial charge is 0.308 e. The zero-order valence-corrected chi connectivity index (χ0v) is 19.5. The Balaban J connectivity index is 0. The van der Waals surface area contributed by atoms with Crippen molar-refractivity contribution in [1.82, 2.24) is 0 Å². The standard InChI is InChI=1S/C19H28O8.2C2H6/c20-18(21)6-8-23-10-12-25-14-15-26-13-11-24-9-7-19(22)27-16-17-4-2-1-3-5-17;2*1-2/h1-5H,6-16H2,(H,20,21);2*1-2H3. The van der Waals surface area contributed by atoms with E-state index in [2.05, 4.69) is 0 Å². The quantitative estimate of drug-likeness (QED) is 0.287. The van der Waals surface area contributed by atoms with Crippen molar-refractivity contribution in [2.45, 2.75) is 47.1 Å². The number of carboxylic acid groups (broad SMARTS) is 1. The first-order valence-electron chi connectivity index (χ1n) is 10.9. The largest absolute Gasteiger partial charge is 0.481 e. The summed E-state index contributed by atoms with van der Waals surface area (Å²) in [6.07, 6.45) is 0.200. The molecule has 1 rings (SSSR count). The Hall–Kier alpha value is -2.00. The molecule has 0 spiro atoms. The first-order chi connectivity index (χ1) is 15.2. The maximum Gasteiger partial charge on any atom is 0.308 e. The highest BCUT2D eigenvalue weighted by molar-refractivity contribution is 5.69. The molecule has 0 heterocycles. The Morgan fingerprint density at radius 2 is 1.10 bits per heavy atom. The Labute approximate surface area is 186 Å². The van der Waals surface area contributed by atoms with Gasteiger partial charge in [0.05, 0.1) is 65.7 Å². The number of hydrogen-bond donors (Lipinski definition) is 1. The molecule has 0 aliphatic heterocycles. The summed E-state index contributed by atoms with van der Waals surface area (Å²) in [6, 6.07) is 9.50. The van der Waals surface area contributed by atoms with Crippen LogP contribution in [-0.2, 0) is 39.9 Å². The van der Waals surface area contributed by atoms with Gasteiger partial charge in [0.2, 0.25) is 0 Å². The van der Waals surface area contributed by atoms with Gasteiger partial charge >= 0.3 is 11.9 Å². The Kier molecular flexibility index (Phi) is 26.2. The number of aliphatic carboxylic acids is 1. The molecular formula is C23H40O8. The molecule has 8 nitrogen and oxygen atoms in total. The highest BCUT2D eigenvalue weighted by atomic mass is 16.6. The van der Waals surface area contributed by atoms with Gasteiger partial charge in [-0.3, -0.25) is 9.59 Å². The molecule has 0 bridgehead atoms. The first kappa shape index (κ1) is 31.2. The zero-order chi connectivity index (χ0) is 23.6. The molecule has 0 unspecified atom stereocenters. The van der Waals surface area contributed by atoms with Crippen molar-refractivity contribution in [3.8, 4) is 0 Å². The van der Waals surface area contributed by atoms with Gasteiger partial charge in [0.1, 0.15) is 6.61 Å². The summed E-state index contributed by atoms with van der Waals surface area (Å²) in [5, 5.41) is 8.42. The molecule has 0 saturated carbocycles. The minimum Gasteiger partial charge on any atom is -0.481 e. The molecule has 1 N–H and O–H groups in total. The molecule has 0 aliphatic rings. The lowest BCUT2D eigenvalue weighted by Gasteiger charge is -2.07. The fourth-order valence-corrected chi connectivity index (χ4v) is 1.89. The minimum atomic E-state index is -0.879. The number of hydrogen-bond acceptors (Lipinski definition) is 7. The predicted octanol–water partition coefficient (Wildman–Crippen LogP) is 3.71. The summed E-state index contributed by atoms with van der Waals surface area (Å²) in [5.41, 5.74) is 0.953. The van der Waals surface area contributed by atoms with E-state index in [-0.39, 0.29) is 32.0 Å². The number of ether oxygens (including phenoxy) is 5. The van der Waals surface area contributed by atoms with Crippen molar-refractivity contribution in [2.24, 2.45) is 0 Å². The summed E-state index contributed by atoms with van der Waals surface area (Å²) in [5.74, 6) is -1.17. The van der Waals surface area contributed by atoms with Gasteiger partial charge in [-0.1, -0.05) is 58.0 Å². The van der Waals surface area contributed by atoms with Crippen LogP contribution in [0.2, 0.25) is 0 Å². The summed E-state index contributed by atoms with van der Waals surface area (Å²) >= 11 is 0. The maximum atomic E-state index is 11.6. The molecule has 0 fully saturated rings. The minimum absolute atomic E-state index is 0.00609. The van der Waals surface area contributed by atoms with Crippen LogP contribution < -0.4 is 0 Å². The number of carboxylic acids is 1. The van der Waals surface area contributed by atoms with Gasteiger partial charge in [0.15, 0.2) is 0 Å². The lowest BCUT2D eigenvalue weighted by atomic mass is 10.2. The van der Waals surface area contributed by atoms with Crippen LogP contribution in [0.4, 0.5) is 0 Å². The third-order valence-electron chi connectivity index (χ3n) is 3.27. The van der Waals surface area contributed by atoms with Crippen LogP contribution in [0.3, 0.4) is 0 Å². The van der Waals surface area contributed by atoms with Gasteiger partial charge in [-0.15, -0.1) is 0 Å². The van der Waals surface area contributed by atoms with Crippen molar-refractivity contribution >= 4 is 11.9 Å². The topological polar surface area (TPSA) is 101 Å². The van der Waals surface area contributed by atoms with E-state index >= 15 is 0 Å². The van der Waals surface area contributed by atoms with E-state index in [4.69, 9.17) is 28.8 Å². The van der Waals surface area contributed by atoms with Crippen LogP contribution in [0.15, 0.2) is 30.3 Å². The molecule has 180 valence electrons. The van der Waals surface area contributed by atoms with Crippen molar-refractivity contribution in [3.63, 3.8) is 0 Å². The summed E-state index contributed by atoms with van der Waals surface area (Å²) in [6.45, 7) is 11.2. The molecule has 1 aromatic carbocycles. The second kappa shape index (κ2) is 26.0. The lowest BCUT2D eigenvalue weighted by Crippen LogP contribution is -2.14. The van der Waals surface area contributed by atoms with Crippen LogP contribution in [0, 0.1) is 0 Å². The van der Waals surface area contributed by atoms with E-state index < -0.39 is 5.97 Å². The Morgan fingerprint density at radius 1 is 0.677 bits per heavy atom. The van der Waals surface area contributed by atoms with Crippen LogP contribution in [-0.4, -0.2) is 69.9 Å². The molecule has 1 aromatic rings. The average molecular weight is 445 g/mol. The van der Waals surface area contributed by atoms with Gasteiger partial charge in [0.25, 0.3) is 0 Å². The summed E-state index contributed by atoms with van der Waals surface area (Å²) in [7, 11) is 0. The van der Waals surface area contributed by atoms with Crippen molar-refractivity contribution in [2.75, 3.05) is 52.9 Å². The predicted molar refractivity (Wildman–Crippen MR) is 119 cm³/mol. The highest BCUT2D eigenvalue weighted by Crippen LogP contribution is 2.01. The fourth-order valence-electron chi connectivity index (χ4n) is 1.89. The van der Waals surface area contributed by atoms with Crippen LogP contribution >= 0.6 is 0 Å². The van der Waals surface area contributed by atoms with E-state index in [1.165, 1.54) is 0 Å². The SMILES string of the molecule is CC.CC.O=C(O)CCOCCOCCOCCOCCC(=O)OCc1ccccc1. The normalized spacial score (nSPS) is 9.68. The fraction of sp³-hybridized carbons (Fsp3) is 0.652. The molecule has 0 aromatic heterocycles.